The van der Waals surface area contributed by atoms with Crippen LogP contribution in [0.2, 0.25) is 0 Å². The van der Waals surface area contributed by atoms with Gasteiger partial charge < -0.3 is 15.8 Å². The fourth-order valence-corrected chi connectivity index (χ4v) is 1.89. The van der Waals surface area contributed by atoms with E-state index in [-0.39, 0.29) is 30.0 Å². The number of nitrogens with two attached hydrogens (primary N) is 1. The Morgan fingerprint density at radius 2 is 2.12 bits per heavy atom. The third-order valence-corrected chi connectivity index (χ3v) is 3.35. The lowest BCUT2D eigenvalue weighted by Gasteiger charge is -2.32. The van der Waals surface area contributed by atoms with Gasteiger partial charge in [0.25, 0.3) is 0 Å². The first kappa shape index (κ1) is 15.7. The first-order chi connectivity index (χ1) is 7.17. The largest absolute Gasteiger partial charge is 0.368 e. The molecule has 1 fully saturated rings. The van der Waals surface area contributed by atoms with Gasteiger partial charge in [-0.05, 0) is 25.7 Å². The molecule has 96 valence electrons. The van der Waals surface area contributed by atoms with Gasteiger partial charge in [0.2, 0.25) is 5.91 Å². The maximum absolute atomic E-state index is 11.8. The maximum atomic E-state index is 11.8. The van der Waals surface area contributed by atoms with Crippen LogP contribution in [0.3, 0.4) is 0 Å². The van der Waals surface area contributed by atoms with E-state index in [0.717, 1.165) is 25.7 Å². The van der Waals surface area contributed by atoms with Crippen LogP contribution >= 0.6 is 12.4 Å². The lowest BCUT2D eigenvalue weighted by Crippen LogP contribution is -2.55. The molecule has 1 rings (SSSR count). The Hall–Kier alpha value is -0.320. The molecule has 4 nitrogen and oxygen atoms in total. The second kappa shape index (κ2) is 7.09. The first-order valence-electron chi connectivity index (χ1n) is 5.81. The van der Waals surface area contributed by atoms with Gasteiger partial charge in [-0.15, -0.1) is 12.4 Å². The lowest BCUT2D eigenvalue weighted by molar-refractivity contribution is -0.132. The molecule has 0 aliphatic carbocycles. The lowest BCUT2D eigenvalue weighted by atomic mass is 9.92. The van der Waals surface area contributed by atoms with Crippen LogP contribution < -0.4 is 11.1 Å². The number of amides is 1. The number of ether oxygens (including phenoxy) is 1. The zero-order chi connectivity index (χ0) is 11.3. The van der Waals surface area contributed by atoms with Gasteiger partial charge in [0.05, 0.1) is 5.54 Å². The zero-order valence-corrected chi connectivity index (χ0v) is 10.9. The molecule has 0 spiro atoms. The predicted octanol–water partition coefficient (Wildman–Crippen LogP) is 1.22. The van der Waals surface area contributed by atoms with E-state index in [1.165, 1.54) is 0 Å². The van der Waals surface area contributed by atoms with Crippen molar-refractivity contribution in [1.82, 2.24) is 5.32 Å². The summed E-state index contributed by atoms with van der Waals surface area (Å²) in [6.07, 6.45) is 3.28. The van der Waals surface area contributed by atoms with Gasteiger partial charge in [-0.25, -0.2) is 0 Å². The van der Waals surface area contributed by atoms with Crippen LogP contribution in [0.25, 0.3) is 0 Å². The minimum absolute atomic E-state index is 0. The van der Waals surface area contributed by atoms with Gasteiger partial charge >= 0.3 is 0 Å². The highest BCUT2D eigenvalue weighted by molar-refractivity contribution is 5.85. The molecule has 0 saturated carbocycles. The summed E-state index contributed by atoms with van der Waals surface area (Å²) < 4.78 is 5.34. The van der Waals surface area contributed by atoms with E-state index in [4.69, 9.17) is 10.5 Å². The van der Waals surface area contributed by atoms with Crippen LogP contribution in [0, 0.1) is 0 Å². The van der Waals surface area contributed by atoms with E-state index in [1.807, 2.05) is 13.8 Å². The number of carbonyl (C=O) groups excluding carboxylic acids is 1. The quantitative estimate of drug-likeness (QED) is 0.771. The smallest absolute Gasteiger partial charge is 0.249 e. The number of nitrogens with one attached hydrogen (secondary N) is 1. The maximum Gasteiger partial charge on any atom is 0.249 e. The van der Waals surface area contributed by atoms with Crippen LogP contribution in [0.1, 0.15) is 39.5 Å². The third-order valence-electron chi connectivity index (χ3n) is 3.35. The molecule has 5 heteroatoms. The van der Waals surface area contributed by atoms with Crippen molar-refractivity contribution in [1.29, 1.82) is 0 Å². The number of halogens is 1. The van der Waals surface area contributed by atoms with Gasteiger partial charge in [0.15, 0.2) is 0 Å². The van der Waals surface area contributed by atoms with E-state index < -0.39 is 0 Å². The van der Waals surface area contributed by atoms with Crippen molar-refractivity contribution < 1.29 is 9.53 Å². The Morgan fingerprint density at radius 1 is 1.50 bits per heavy atom. The standard InChI is InChI=1S/C11H22N2O2.ClH/c1-3-11(4-2,8-12)13-10(14)9-6-5-7-15-9;/h9H,3-8,12H2,1-2H3,(H,13,14);1H/t9-;/m0./s1. The molecule has 0 aromatic heterocycles. The molecule has 1 aliphatic heterocycles. The Morgan fingerprint density at radius 3 is 2.50 bits per heavy atom. The number of rotatable bonds is 5. The van der Waals surface area contributed by atoms with Crippen LogP contribution in [-0.2, 0) is 9.53 Å². The highest BCUT2D eigenvalue weighted by atomic mass is 35.5. The molecule has 0 unspecified atom stereocenters. The SMILES string of the molecule is CCC(CC)(CN)NC(=O)[C@@H]1CCCO1.Cl. The summed E-state index contributed by atoms with van der Waals surface area (Å²) >= 11 is 0. The minimum atomic E-state index is -0.256. The fourth-order valence-electron chi connectivity index (χ4n) is 1.89. The van der Waals surface area contributed by atoms with Crippen molar-refractivity contribution in [2.24, 2.45) is 5.73 Å². The Balaban J connectivity index is 0.00000225. The third kappa shape index (κ3) is 3.61. The van der Waals surface area contributed by atoms with Gasteiger partial charge in [-0.1, -0.05) is 13.8 Å². The monoisotopic (exact) mass is 250 g/mol. The van der Waals surface area contributed by atoms with Crippen LogP contribution in [-0.4, -0.2) is 30.7 Å². The summed E-state index contributed by atoms with van der Waals surface area (Å²) in [5.74, 6) is 0.00153. The molecular formula is C11H23ClN2O2. The highest BCUT2D eigenvalue weighted by Crippen LogP contribution is 2.17. The number of hydrogen-bond acceptors (Lipinski definition) is 3. The van der Waals surface area contributed by atoms with Crippen molar-refractivity contribution in [3.63, 3.8) is 0 Å². The molecule has 16 heavy (non-hydrogen) atoms. The molecule has 0 aromatic carbocycles. The molecule has 0 bridgehead atoms. The molecular weight excluding hydrogens is 228 g/mol. The summed E-state index contributed by atoms with van der Waals surface area (Å²) in [6, 6.07) is 0. The van der Waals surface area contributed by atoms with Crippen LogP contribution in [0.15, 0.2) is 0 Å². The van der Waals surface area contributed by atoms with E-state index >= 15 is 0 Å². The summed E-state index contributed by atoms with van der Waals surface area (Å²) in [4.78, 5) is 11.8. The minimum Gasteiger partial charge on any atom is -0.368 e. The van der Waals surface area contributed by atoms with E-state index in [0.29, 0.717) is 13.2 Å². The summed E-state index contributed by atoms with van der Waals surface area (Å²) in [6.45, 7) is 5.28. The van der Waals surface area contributed by atoms with Crippen LogP contribution in [0.4, 0.5) is 0 Å². The highest BCUT2D eigenvalue weighted by Gasteiger charge is 2.31. The second-order valence-electron chi connectivity index (χ2n) is 4.18. The van der Waals surface area contributed by atoms with Crippen molar-refractivity contribution in [2.45, 2.75) is 51.2 Å². The fraction of sp³-hybridized carbons (Fsp3) is 0.909. The summed E-state index contributed by atoms with van der Waals surface area (Å²) in [7, 11) is 0. The van der Waals surface area contributed by atoms with E-state index in [9.17, 15) is 4.79 Å². The topological polar surface area (TPSA) is 64.3 Å². The molecule has 0 aromatic rings. The molecule has 0 radical (unpaired) electrons. The predicted molar refractivity (Wildman–Crippen MR) is 66.7 cm³/mol. The Kier molecular flexibility index (Phi) is 6.95. The van der Waals surface area contributed by atoms with Crippen molar-refractivity contribution in [3.8, 4) is 0 Å². The van der Waals surface area contributed by atoms with Crippen molar-refractivity contribution >= 4 is 18.3 Å². The van der Waals surface area contributed by atoms with Gasteiger partial charge in [0, 0.05) is 13.2 Å². The normalized spacial score (nSPS) is 20.3. The number of carbonyl (C=O) groups is 1. The first-order valence-corrected chi connectivity index (χ1v) is 5.81. The van der Waals surface area contributed by atoms with Gasteiger partial charge in [-0.2, -0.15) is 0 Å². The van der Waals surface area contributed by atoms with Crippen molar-refractivity contribution in [2.75, 3.05) is 13.2 Å². The van der Waals surface area contributed by atoms with E-state index in [1.54, 1.807) is 0 Å². The number of hydrogen-bond donors (Lipinski definition) is 2. The summed E-state index contributed by atoms with van der Waals surface area (Å²) in [5.41, 5.74) is 5.47. The Labute approximate surface area is 104 Å². The second-order valence-corrected chi connectivity index (χ2v) is 4.18. The summed E-state index contributed by atoms with van der Waals surface area (Å²) in [5, 5.41) is 3.03. The molecule has 1 amide bonds. The molecule has 1 atom stereocenters. The van der Waals surface area contributed by atoms with Gasteiger partial charge in [-0.3, -0.25) is 4.79 Å². The molecule has 1 saturated heterocycles. The van der Waals surface area contributed by atoms with E-state index in [2.05, 4.69) is 5.32 Å². The average Bonchev–Trinajstić information content (AvgIpc) is 2.79. The molecule has 1 aliphatic rings. The van der Waals surface area contributed by atoms with Gasteiger partial charge in [0.1, 0.15) is 6.10 Å². The Bertz CT molecular complexity index is 206. The molecule has 1 heterocycles. The average molecular weight is 251 g/mol. The van der Waals surface area contributed by atoms with Crippen LogP contribution in [0.5, 0.6) is 0 Å². The van der Waals surface area contributed by atoms with Crippen molar-refractivity contribution in [3.05, 3.63) is 0 Å². The molecule has 3 N–H and O–H groups in total. The zero-order valence-electron chi connectivity index (χ0n) is 10.1.